The monoisotopic (exact) mass is 181 g/mol. The molecule has 0 bridgehead atoms. The van der Waals surface area contributed by atoms with E-state index < -0.39 is 5.54 Å². The fourth-order valence-electron chi connectivity index (χ4n) is 1.52. The molecule has 1 aliphatic rings. The Kier molecular flexibility index (Phi) is 3.29. The maximum Gasteiger partial charge on any atom is 0.116 e. The first-order valence-corrected chi connectivity index (χ1v) is 4.99. The molecule has 0 aromatic heterocycles. The van der Waals surface area contributed by atoms with Crippen LogP contribution in [0.5, 0.6) is 0 Å². The summed E-state index contributed by atoms with van der Waals surface area (Å²) in [6, 6.07) is 3.06. The highest BCUT2D eigenvalue weighted by Gasteiger charge is 2.33. The molecule has 0 aliphatic heterocycles. The van der Waals surface area contributed by atoms with Crippen LogP contribution in [-0.2, 0) is 0 Å². The molecule has 0 saturated heterocycles. The van der Waals surface area contributed by atoms with Gasteiger partial charge in [0.15, 0.2) is 0 Å². The Morgan fingerprint density at radius 1 is 1.62 bits per heavy atom. The van der Waals surface area contributed by atoms with Gasteiger partial charge in [-0.25, -0.2) is 0 Å². The number of hydrogen-bond donors (Lipinski definition) is 1. The minimum Gasteiger partial charge on any atom is -0.302 e. The summed E-state index contributed by atoms with van der Waals surface area (Å²) in [5, 5.41) is 12.1. The lowest BCUT2D eigenvalue weighted by Crippen LogP contribution is -2.49. The molecule has 0 spiro atoms. The smallest absolute Gasteiger partial charge is 0.116 e. The van der Waals surface area contributed by atoms with Crippen LogP contribution < -0.4 is 5.32 Å². The van der Waals surface area contributed by atoms with Crippen LogP contribution in [0.4, 0.5) is 0 Å². The van der Waals surface area contributed by atoms with Gasteiger partial charge in [-0.15, -0.1) is 0 Å². The van der Waals surface area contributed by atoms with E-state index in [2.05, 4.69) is 23.2 Å². The van der Waals surface area contributed by atoms with Gasteiger partial charge in [0.2, 0.25) is 0 Å². The van der Waals surface area contributed by atoms with Crippen molar-refractivity contribution < 1.29 is 0 Å². The predicted octanol–water partition coefficient (Wildman–Crippen LogP) is 0.972. The van der Waals surface area contributed by atoms with Crippen LogP contribution in [0.15, 0.2) is 0 Å². The van der Waals surface area contributed by atoms with Crippen LogP contribution in [0.25, 0.3) is 0 Å². The molecule has 3 heteroatoms. The third-order valence-corrected chi connectivity index (χ3v) is 2.79. The third kappa shape index (κ3) is 2.68. The Bertz CT molecular complexity index is 205. The molecule has 1 fully saturated rings. The van der Waals surface area contributed by atoms with E-state index in [1.54, 1.807) is 0 Å². The van der Waals surface area contributed by atoms with E-state index in [-0.39, 0.29) is 0 Å². The van der Waals surface area contributed by atoms with Crippen molar-refractivity contribution in [1.29, 1.82) is 5.26 Å². The number of hydrogen-bond acceptors (Lipinski definition) is 3. The zero-order valence-corrected chi connectivity index (χ0v) is 8.80. The van der Waals surface area contributed by atoms with Gasteiger partial charge in [0.05, 0.1) is 6.07 Å². The number of likely N-dealkylation sites (N-methyl/N-ethyl adjacent to an activating group) is 2. The molecule has 1 saturated carbocycles. The summed E-state index contributed by atoms with van der Waals surface area (Å²) in [5.41, 5.74) is -0.390. The second kappa shape index (κ2) is 4.08. The average molecular weight is 181 g/mol. The standard InChI is InChI=1S/C10H19N3/c1-4-13(9-5-6-9)8-10(2,7-11)12-3/h9,12H,4-6,8H2,1-3H3. The second-order valence-electron chi connectivity index (χ2n) is 3.99. The summed E-state index contributed by atoms with van der Waals surface area (Å²) in [7, 11) is 1.85. The van der Waals surface area contributed by atoms with Gasteiger partial charge in [-0.1, -0.05) is 6.92 Å². The maximum absolute atomic E-state index is 8.99. The molecular formula is C10H19N3. The average Bonchev–Trinajstić information content (AvgIpc) is 2.97. The molecule has 74 valence electrons. The molecule has 13 heavy (non-hydrogen) atoms. The first-order chi connectivity index (χ1) is 6.15. The van der Waals surface area contributed by atoms with Crippen molar-refractivity contribution in [3.8, 4) is 6.07 Å². The lowest BCUT2D eigenvalue weighted by molar-refractivity contribution is 0.226. The Morgan fingerprint density at radius 2 is 2.23 bits per heavy atom. The highest BCUT2D eigenvalue weighted by Crippen LogP contribution is 2.27. The Morgan fingerprint density at radius 3 is 2.54 bits per heavy atom. The van der Waals surface area contributed by atoms with Gasteiger partial charge in [0.25, 0.3) is 0 Å². The first kappa shape index (κ1) is 10.5. The molecule has 1 N–H and O–H groups in total. The quantitative estimate of drug-likeness (QED) is 0.687. The molecule has 1 aliphatic carbocycles. The van der Waals surface area contributed by atoms with Gasteiger partial charge in [0.1, 0.15) is 5.54 Å². The summed E-state index contributed by atoms with van der Waals surface area (Å²) in [6.45, 7) is 5.99. The highest BCUT2D eigenvalue weighted by molar-refractivity contribution is 5.06. The van der Waals surface area contributed by atoms with Crippen molar-refractivity contribution >= 4 is 0 Å². The number of nitriles is 1. The van der Waals surface area contributed by atoms with E-state index in [1.165, 1.54) is 12.8 Å². The van der Waals surface area contributed by atoms with Crippen LogP contribution in [-0.4, -0.2) is 36.6 Å². The molecule has 0 heterocycles. The fraction of sp³-hybridized carbons (Fsp3) is 0.900. The molecule has 1 atom stereocenters. The van der Waals surface area contributed by atoms with Crippen molar-refractivity contribution in [2.24, 2.45) is 0 Å². The van der Waals surface area contributed by atoms with Crippen LogP contribution in [0, 0.1) is 11.3 Å². The van der Waals surface area contributed by atoms with Crippen molar-refractivity contribution in [3.63, 3.8) is 0 Å². The first-order valence-electron chi connectivity index (χ1n) is 4.99. The van der Waals surface area contributed by atoms with Crippen LogP contribution in [0.3, 0.4) is 0 Å². The minimum atomic E-state index is -0.390. The van der Waals surface area contributed by atoms with Gasteiger partial charge in [-0.05, 0) is 33.4 Å². The number of rotatable bonds is 5. The maximum atomic E-state index is 8.99. The van der Waals surface area contributed by atoms with Crippen LogP contribution in [0.1, 0.15) is 26.7 Å². The topological polar surface area (TPSA) is 39.1 Å². The van der Waals surface area contributed by atoms with E-state index in [0.29, 0.717) is 0 Å². The molecule has 0 radical (unpaired) electrons. The van der Waals surface area contributed by atoms with E-state index in [9.17, 15) is 0 Å². The SMILES string of the molecule is CCN(CC(C)(C#N)NC)C1CC1. The number of nitrogens with one attached hydrogen (secondary N) is 1. The highest BCUT2D eigenvalue weighted by atomic mass is 15.2. The largest absolute Gasteiger partial charge is 0.302 e. The van der Waals surface area contributed by atoms with Crippen LogP contribution in [0.2, 0.25) is 0 Å². The molecule has 1 unspecified atom stereocenters. The second-order valence-corrected chi connectivity index (χ2v) is 3.99. The van der Waals surface area contributed by atoms with Crippen molar-refractivity contribution in [3.05, 3.63) is 0 Å². The Labute approximate surface area is 80.7 Å². The molecule has 0 amide bonds. The van der Waals surface area contributed by atoms with Crippen molar-refractivity contribution in [1.82, 2.24) is 10.2 Å². The van der Waals surface area contributed by atoms with Crippen molar-refractivity contribution in [2.75, 3.05) is 20.1 Å². The van der Waals surface area contributed by atoms with Crippen molar-refractivity contribution in [2.45, 2.75) is 38.3 Å². The van der Waals surface area contributed by atoms with E-state index >= 15 is 0 Å². The molecule has 0 aromatic rings. The molecule has 1 rings (SSSR count). The van der Waals surface area contributed by atoms with E-state index in [1.807, 2.05) is 14.0 Å². The van der Waals surface area contributed by atoms with Crippen LogP contribution >= 0.6 is 0 Å². The normalized spacial score (nSPS) is 21.2. The van der Waals surface area contributed by atoms with Gasteiger partial charge in [0, 0.05) is 12.6 Å². The minimum absolute atomic E-state index is 0.390. The lowest BCUT2D eigenvalue weighted by Gasteiger charge is -2.29. The van der Waals surface area contributed by atoms with E-state index in [0.717, 1.165) is 19.1 Å². The Hall–Kier alpha value is -0.590. The lowest BCUT2D eigenvalue weighted by atomic mass is 10.0. The zero-order valence-electron chi connectivity index (χ0n) is 8.80. The van der Waals surface area contributed by atoms with Gasteiger partial charge in [-0.2, -0.15) is 5.26 Å². The molecular weight excluding hydrogens is 162 g/mol. The summed E-state index contributed by atoms with van der Waals surface area (Å²) in [5.74, 6) is 0. The summed E-state index contributed by atoms with van der Waals surface area (Å²) >= 11 is 0. The summed E-state index contributed by atoms with van der Waals surface area (Å²) in [4.78, 5) is 2.39. The number of nitrogens with zero attached hydrogens (tertiary/aromatic N) is 2. The predicted molar refractivity (Wildman–Crippen MR) is 53.3 cm³/mol. The van der Waals surface area contributed by atoms with Gasteiger partial charge >= 0.3 is 0 Å². The summed E-state index contributed by atoms with van der Waals surface area (Å²) < 4.78 is 0. The molecule has 0 aromatic carbocycles. The Balaban J connectivity index is 2.48. The van der Waals surface area contributed by atoms with Gasteiger partial charge < -0.3 is 5.32 Å². The van der Waals surface area contributed by atoms with E-state index in [4.69, 9.17) is 5.26 Å². The molecule has 3 nitrogen and oxygen atoms in total. The fourth-order valence-corrected chi connectivity index (χ4v) is 1.52. The summed E-state index contributed by atoms with van der Waals surface area (Å²) in [6.07, 6.45) is 2.61. The zero-order chi connectivity index (χ0) is 9.90. The van der Waals surface area contributed by atoms with Gasteiger partial charge in [-0.3, -0.25) is 4.90 Å². The third-order valence-electron chi connectivity index (χ3n) is 2.79.